The van der Waals surface area contributed by atoms with Crippen molar-refractivity contribution in [3.05, 3.63) is 59.2 Å². The Labute approximate surface area is 157 Å². The highest BCUT2D eigenvalue weighted by molar-refractivity contribution is 7.50. The van der Waals surface area contributed by atoms with Crippen LogP contribution in [0, 0.1) is 0 Å². The molecule has 2 atom stereocenters. The first-order valence-electron chi connectivity index (χ1n) is 7.97. The Kier molecular flexibility index (Phi) is 6.65. The summed E-state index contributed by atoms with van der Waals surface area (Å²) < 4.78 is 33.1. The number of hydrogen-bond acceptors (Lipinski definition) is 4. The quantitative estimate of drug-likeness (QED) is 0.396. The highest BCUT2D eigenvalue weighted by Gasteiger charge is 2.25. The van der Waals surface area contributed by atoms with E-state index in [1.807, 2.05) is 30.3 Å². The van der Waals surface area contributed by atoms with Crippen LogP contribution in [0.1, 0.15) is 36.5 Å². The molecule has 10 heteroatoms. The Balaban J connectivity index is 2.58. The molecule has 27 heavy (non-hydrogen) atoms. The van der Waals surface area contributed by atoms with Crippen LogP contribution in [0.2, 0.25) is 0 Å². The Morgan fingerprint density at radius 3 is 1.74 bits per heavy atom. The van der Waals surface area contributed by atoms with Crippen molar-refractivity contribution in [2.75, 3.05) is 0 Å². The van der Waals surface area contributed by atoms with Crippen LogP contribution >= 0.6 is 15.5 Å². The van der Waals surface area contributed by atoms with Crippen LogP contribution in [0.15, 0.2) is 42.5 Å². The lowest BCUT2D eigenvalue weighted by Crippen LogP contribution is -2.07. The molecule has 0 amide bonds. The molecule has 0 bridgehead atoms. The summed E-state index contributed by atoms with van der Waals surface area (Å²) in [6, 6.07) is 12.4. The van der Waals surface area contributed by atoms with E-state index in [1.54, 1.807) is 26.0 Å². The second-order valence-electron chi connectivity index (χ2n) is 6.14. The smallest absolute Gasteiger partial charge is 0.413 e. The summed E-state index contributed by atoms with van der Waals surface area (Å²) in [7, 11) is -8.73. The van der Waals surface area contributed by atoms with Gasteiger partial charge in [-0.25, -0.2) is 20.1 Å². The fourth-order valence-electron chi connectivity index (χ4n) is 2.48. The molecule has 0 aliphatic heterocycles. The van der Waals surface area contributed by atoms with Gasteiger partial charge in [0.2, 0.25) is 0 Å². The van der Waals surface area contributed by atoms with Gasteiger partial charge in [-0.3, -0.25) is 0 Å². The highest BCUT2D eigenvalue weighted by atomic mass is 31.2. The molecule has 0 aliphatic carbocycles. The molecule has 0 spiro atoms. The number of hydrogen-bond donors (Lipinski definition) is 4. The van der Waals surface area contributed by atoms with Crippen molar-refractivity contribution in [2.24, 2.45) is 11.0 Å². The van der Waals surface area contributed by atoms with E-state index >= 15 is 0 Å². The van der Waals surface area contributed by atoms with Gasteiger partial charge in [0.1, 0.15) is 11.5 Å². The van der Waals surface area contributed by atoms with Gasteiger partial charge in [0.15, 0.2) is 0 Å². The third kappa shape index (κ3) is 6.96. The van der Waals surface area contributed by atoms with E-state index in [-0.39, 0.29) is 17.4 Å². The number of nitrogens with two attached hydrogens (primary N) is 2. The Morgan fingerprint density at radius 2 is 1.33 bits per heavy atom. The molecule has 0 fully saturated rings. The van der Waals surface area contributed by atoms with Gasteiger partial charge in [-0.2, -0.15) is 0 Å². The fourth-order valence-corrected chi connectivity index (χ4v) is 3.34. The molecule has 2 rings (SSSR count). The molecule has 6 N–H and O–H groups in total. The van der Waals surface area contributed by atoms with Crippen LogP contribution in [0.25, 0.3) is 12.2 Å². The van der Waals surface area contributed by atoms with Gasteiger partial charge >= 0.3 is 15.5 Å². The summed E-state index contributed by atoms with van der Waals surface area (Å²) >= 11 is 0. The number of rotatable bonds is 7. The largest absolute Gasteiger partial charge is 0.453 e. The molecule has 0 saturated heterocycles. The molecule has 2 aromatic rings. The molecule has 0 aliphatic rings. The minimum absolute atomic E-state index is 0.0306. The first-order valence-corrected chi connectivity index (χ1v) is 11.3. The van der Waals surface area contributed by atoms with Crippen molar-refractivity contribution < 1.29 is 28.0 Å². The Morgan fingerprint density at radius 1 is 0.889 bits per heavy atom. The predicted octanol–water partition coefficient (Wildman–Crippen LogP) is 3.86. The summed E-state index contributed by atoms with van der Waals surface area (Å²) in [6.07, 6.45) is 3.48. The number of benzene rings is 2. The minimum Gasteiger partial charge on any atom is -0.413 e. The van der Waals surface area contributed by atoms with Gasteiger partial charge in [-0.05, 0) is 29.2 Å². The summed E-state index contributed by atoms with van der Waals surface area (Å²) in [5.74, 6) is -0.339. The standard InChI is InChI=1S/C17H22N2O6P2/c1-12(2)17-15(24-26(18,20)21)10-14(11-16(17)25-27(19,22)23)9-8-13-6-4-3-5-7-13/h3-12H,1-2H3,(H3,18,20,21)(H3,19,22,23)/b9-8+. The van der Waals surface area contributed by atoms with Gasteiger partial charge < -0.3 is 18.8 Å². The summed E-state index contributed by atoms with van der Waals surface area (Å²) in [5, 5.41) is 0. The molecular weight excluding hydrogens is 390 g/mol. The second-order valence-corrected chi connectivity index (χ2v) is 8.76. The first kappa shape index (κ1) is 21.4. The zero-order valence-corrected chi connectivity index (χ0v) is 16.6. The summed E-state index contributed by atoms with van der Waals surface area (Å²) in [4.78, 5) is 18.8. The van der Waals surface area contributed by atoms with E-state index in [2.05, 4.69) is 0 Å². The molecule has 0 saturated carbocycles. The van der Waals surface area contributed by atoms with Crippen LogP contribution in [0.3, 0.4) is 0 Å². The topological polar surface area (TPSA) is 145 Å². The average Bonchev–Trinajstić information content (AvgIpc) is 2.50. The van der Waals surface area contributed by atoms with Gasteiger partial charge in [0.25, 0.3) is 0 Å². The lowest BCUT2D eigenvalue weighted by molar-refractivity contribution is 0.371. The Bertz CT molecular complexity index is 873. The zero-order chi connectivity index (χ0) is 20.2. The molecular formula is C17H22N2O6P2. The van der Waals surface area contributed by atoms with Gasteiger partial charge in [-0.15, -0.1) is 0 Å². The average molecular weight is 412 g/mol. The lowest BCUT2D eigenvalue weighted by atomic mass is 9.98. The Hall–Kier alpha value is -1.92. The van der Waals surface area contributed by atoms with E-state index in [9.17, 15) is 18.9 Å². The van der Waals surface area contributed by atoms with Crippen molar-refractivity contribution in [3.8, 4) is 11.5 Å². The minimum atomic E-state index is -4.36. The maximum atomic E-state index is 11.6. The summed E-state index contributed by atoms with van der Waals surface area (Å²) in [5.41, 5.74) is 12.0. The van der Waals surface area contributed by atoms with E-state index in [0.717, 1.165) is 5.56 Å². The predicted molar refractivity (Wildman–Crippen MR) is 105 cm³/mol. The van der Waals surface area contributed by atoms with Crippen LogP contribution in [-0.2, 0) is 9.13 Å². The van der Waals surface area contributed by atoms with Gasteiger partial charge in [-0.1, -0.05) is 56.3 Å². The van der Waals surface area contributed by atoms with E-state index in [4.69, 9.17) is 20.1 Å². The molecule has 0 heterocycles. The van der Waals surface area contributed by atoms with Crippen LogP contribution in [-0.4, -0.2) is 9.79 Å². The van der Waals surface area contributed by atoms with E-state index in [0.29, 0.717) is 11.1 Å². The van der Waals surface area contributed by atoms with Crippen molar-refractivity contribution in [1.82, 2.24) is 0 Å². The maximum Gasteiger partial charge on any atom is 0.453 e. The van der Waals surface area contributed by atoms with Crippen LogP contribution < -0.4 is 20.1 Å². The van der Waals surface area contributed by atoms with Crippen molar-refractivity contribution >= 4 is 27.6 Å². The third-order valence-electron chi connectivity index (χ3n) is 3.43. The fraction of sp³-hybridized carbons (Fsp3) is 0.176. The third-order valence-corrected chi connectivity index (χ3v) is 4.35. The van der Waals surface area contributed by atoms with E-state index < -0.39 is 15.5 Å². The van der Waals surface area contributed by atoms with Crippen molar-refractivity contribution in [2.45, 2.75) is 19.8 Å². The molecule has 8 nitrogen and oxygen atoms in total. The molecule has 2 unspecified atom stereocenters. The first-order chi connectivity index (χ1) is 12.4. The SMILES string of the molecule is CC(C)c1c(OP(N)(=O)O)cc(/C=C/c2ccccc2)cc1OP(N)(=O)O. The van der Waals surface area contributed by atoms with Crippen molar-refractivity contribution in [3.63, 3.8) is 0 Å². The van der Waals surface area contributed by atoms with E-state index in [1.165, 1.54) is 12.1 Å². The molecule has 2 aromatic carbocycles. The molecule has 146 valence electrons. The summed E-state index contributed by atoms with van der Waals surface area (Å²) in [6.45, 7) is 3.51. The van der Waals surface area contributed by atoms with Gasteiger partial charge in [0.05, 0.1) is 0 Å². The van der Waals surface area contributed by atoms with Gasteiger partial charge in [0, 0.05) is 5.56 Å². The lowest BCUT2D eigenvalue weighted by Gasteiger charge is -2.20. The monoisotopic (exact) mass is 412 g/mol. The van der Waals surface area contributed by atoms with Crippen LogP contribution in [0.4, 0.5) is 0 Å². The molecule has 0 aromatic heterocycles. The van der Waals surface area contributed by atoms with Crippen molar-refractivity contribution in [1.29, 1.82) is 0 Å². The maximum absolute atomic E-state index is 11.6. The van der Waals surface area contributed by atoms with Crippen LogP contribution in [0.5, 0.6) is 11.5 Å². The normalized spacial score (nSPS) is 16.1. The zero-order valence-electron chi connectivity index (χ0n) is 14.9. The second kappa shape index (κ2) is 8.40. The highest BCUT2D eigenvalue weighted by Crippen LogP contribution is 2.46. The molecule has 0 radical (unpaired) electrons.